The Kier molecular flexibility index (Phi) is 8.82. The molecule has 1 aromatic heterocycles. The maximum absolute atomic E-state index is 14.2. The molecule has 2 aromatic carbocycles. The summed E-state index contributed by atoms with van der Waals surface area (Å²) in [5.74, 6) is 0.321. The molecule has 0 bridgehead atoms. The molecule has 0 N–H and O–H groups in total. The summed E-state index contributed by atoms with van der Waals surface area (Å²) in [5.41, 5.74) is 1.50. The second-order valence-corrected chi connectivity index (χ2v) is 10.5. The molecular formula is C29H33FN2O4S. The topological polar surface area (TPSA) is 59.1 Å². The highest BCUT2D eigenvalue weighted by Gasteiger charge is 2.34. The van der Waals surface area contributed by atoms with Crippen molar-refractivity contribution in [2.75, 3.05) is 33.4 Å². The van der Waals surface area contributed by atoms with Crippen molar-refractivity contribution in [3.63, 3.8) is 0 Å². The Balaban J connectivity index is 1.54. The van der Waals surface area contributed by atoms with Crippen molar-refractivity contribution in [2.24, 2.45) is 5.92 Å². The highest BCUT2D eigenvalue weighted by atomic mass is 32.1. The smallest absolute Gasteiger partial charge is 0.254 e. The minimum absolute atomic E-state index is 0.0432. The van der Waals surface area contributed by atoms with Crippen molar-refractivity contribution >= 4 is 23.2 Å². The summed E-state index contributed by atoms with van der Waals surface area (Å²) < 4.78 is 25.3. The van der Waals surface area contributed by atoms with Crippen molar-refractivity contribution in [1.29, 1.82) is 0 Å². The largest absolute Gasteiger partial charge is 0.497 e. The third kappa shape index (κ3) is 6.49. The number of ether oxygens (including phenoxy) is 2. The fourth-order valence-electron chi connectivity index (χ4n) is 4.46. The molecule has 0 aliphatic carbocycles. The average molecular weight is 525 g/mol. The summed E-state index contributed by atoms with van der Waals surface area (Å²) in [4.78, 5) is 31.8. The zero-order valence-corrected chi connectivity index (χ0v) is 22.3. The fourth-order valence-corrected chi connectivity index (χ4v) is 5.39. The second kappa shape index (κ2) is 12.2. The molecule has 0 saturated heterocycles. The fraction of sp³-hybridized carbons (Fsp3) is 0.379. The quantitative estimate of drug-likeness (QED) is 0.347. The van der Waals surface area contributed by atoms with E-state index in [4.69, 9.17) is 9.47 Å². The summed E-state index contributed by atoms with van der Waals surface area (Å²) in [5, 5.41) is 2.01. The van der Waals surface area contributed by atoms with Gasteiger partial charge in [0.1, 0.15) is 18.9 Å². The number of methoxy groups -OCH3 is 1. The van der Waals surface area contributed by atoms with E-state index in [1.54, 1.807) is 70.7 Å². The van der Waals surface area contributed by atoms with E-state index in [-0.39, 0.29) is 36.8 Å². The summed E-state index contributed by atoms with van der Waals surface area (Å²) in [6.45, 7) is 5.25. The normalized spacial score (nSPS) is 14.8. The van der Waals surface area contributed by atoms with Gasteiger partial charge in [-0.15, -0.1) is 11.3 Å². The minimum Gasteiger partial charge on any atom is -0.497 e. The number of benzene rings is 2. The minimum atomic E-state index is -0.439. The number of rotatable bonds is 10. The first-order chi connectivity index (χ1) is 17.9. The van der Waals surface area contributed by atoms with Gasteiger partial charge in [-0.25, -0.2) is 4.39 Å². The first-order valence-electron chi connectivity index (χ1n) is 12.5. The maximum Gasteiger partial charge on any atom is 0.254 e. The lowest BCUT2D eigenvalue weighted by Gasteiger charge is -2.37. The molecule has 4 rings (SSSR count). The van der Waals surface area contributed by atoms with E-state index in [9.17, 15) is 14.0 Å². The molecule has 6 nitrogen and oxygen atoms in total. The van der Waals surface area contributed by atoms with Crippen LogP contribution >= 0.6 is 11.3 Å². The van der Waals surface area contributed by atoms with Gasteiger partial charge in [0.2, 0.25) is 5.91 Å². The van der Waals surface area contributed by atoms with E-state index < -0.39 is 5.82 Å². The molecule has 37 heavy (non-hydrogen) atoms. The highest BCUT2D eigenvalue weighted by molar-refractivity contribution is 7.10. The van der Waals surface area contributed by atoms with Crippen LogP contribution < -0.4 is 9.47 Å². The van der Waals surface area contributed by atoms with Crippen LogP contribution in [0.3, 0.4) is 0 Å². The number of nitrogens with zero attached hydrogens (tertiary/aromatic N) is 2. The predicted molar refractivity (Wildman–Crippen MR) is 143 cm³/mol. The molecule has 0 unspecified atom stereocenters. The number of carbonyl (C=O) groups is 2. The molecule has 1 atom stereocenters. The molecular weight excluding hydrogens is 491 g/mol. The standard InChI is InChI=1S/C29H33FN2O4S/c1-20(2)11-14-31(29(34)21-7-6-8-22(17-21)35-3)18-28(33)32-15-12-27-23(13-16-37-27)25(32)19-36-26-10-5-4-9-24(26)30/h4-10,13,16-17,20,25H,11-12,14-15,18-19H2,1-3H3/t25-/m1/s1. The van der Waals surface area contributed by atoms with Crippen molar-refractivity contribution in [1.82, 2.24) is 9.80 Å². The summed E-state index contributed by atoms with van der Waals surface area (Å²) in [7, 11) is 1.56. The zero-order chi connectivity index (χ0) is 26.4. The van der Waals surface area contributed by atoms with Crippen LogP contribution in [-0.2, 0) is 11.2 Å². The molecule has 0 radical (unpaired) electrons. The van der Waals surface area contributed by atoms with Gasteiger partial charge in [-0.05, 0) is 66.1 Å². The second-order valence-electron chi connectivity index (χ2n) is 9.53. The molecule has 196 valence electrons. The van der Waals surface area contributed by atoms with Crippen molar-refractivity contribution < 1.29 is 23.5 Å². The first kappa shape index (κ1) is 26.7. The van der Waals surface area contributed by atoms with Crippen molar-refractivity contribution in [3.05, 3.63) is 81.8 Å². The number of hydrogen-bond donors (Lipinski definition) is 0. The van der Waals surface area contributed by atoms with Gasteiger partial charge >= 0.3 is 0 Å². The Hall–Kier alpha value is -3.39. The zero-order valence-electron chi connectivity index (χ0n) is 21.5. The van der Waals surface area contributed by atoms with Gasteiger partial charge in [-0.2, -0.15) is 0 Å². The third-order valence-electron chi connectivity index (χ3n) is 6.55. The van der Waals surface area contributed by atoms with E-state index in [1.165, 1.54) is 10.9 Å². The number of carbonyl (C=O) groups excluding carboxylic acids is 2. The molecule has 8 heteroatoms. The van der Waals surface area contributed by atoms with Crippen LogP contribution in [0.25, 0.3) is 0 Å². The predicted octanol–water partition coefficient (Wildman–Crippen LogP) is 5.59. The van der Waals surface area contributed by atoms with Gasteiger partial charge in [0.05, 0.1) is 13.2 Å². The van der Waals surface area contributed by atoms with Crippen molar-refractivity contribution in [2.45, 2.75) is 32.7 Å². The molecule has 2 heterocycles. The SMILES string of the molecule is COc1cccc(C(=O)N(CCC(C)C)CC(=O)N2CCc3sccc3[C@H]2COc2ccccc2F)c1. The molecule has 0 saturated carbocycles. The maximum atomic E-state index is 14.2. The number of hydrogen-bond acceptors (Lipinski definition) is 5. The summed E-state index contributed by atoms with van der Waals surface area (Å²) in [6, 6.07) is 14.9. The molecule has 0 fully saturated rings. The van der Waals surface area contributed by atoms with Crippen LogP contribution in [0.5, 0.6) is 11.5 Å². The lowest BCUT2D eigenvalue weighted by molar-refractivity contribution is -0.135. The van der Waals surface area contributed by atoms with E-state index >= 15 is 0 Å². The van der Waals surface area contributed by atoms with Crippen LogP contribution in [0.1, 0.15) is 47.1 Å². The Morgan fingerprint density at radius 2 is 1.97 bits per heavy atom. The van der Waals surface area contributed by atoms with Crippen LogP contribution in [0, 0.1) is 11.7 Å². The van der Waals surface area contributed by atoms with Gasteiger partial charge in [0.25, 0.3) is 5.91 Å². The molecule has 2 amide bonds. The Bertz CT molecular complexity index is 1230. The Morgan fingerprint density at radius 3 is 2.73 bits per heavy atom. The van der Waals surface area contributed by atoms with Gasteiger partial charge in [-0.1, -0.05) is 32.0 Å². The van der Waals surface area contributed by atoms with Gasteiger partial charge < -0.3 is 19.3 Å². The Morgan fingerprint density at radius 1 is 1.16 bits per heavy atom. The van der Waals surface area contributed by atoms with Crippen LogP contribution in [0.15, 0.2) is 60.0 Å². The number of thiophene rings is 1. The third-order valence-corrected chi connectivity index (χ3v) is 7.55. The first-order valence-corrected chi connectivity index (χ1v) is 13.4. The molecule has 1 aliphatic rings. The summed E-state index contributed by atoms with van der Waals surface area (Å²) in [6.07, 6.45) is 1.52. The Labute approximate surface area is 221 Å². The van der Waals surface area contributed by atoms with Gasteiger partial charge in [-0.3, -0.25) is 9.59 Å². The lowest BCUT2D eigenvalue weighted by atomic mass is 10.00. The van der Waals surface area contributed by atoms with E-state index in [2.05, 4.69) is 13.8 Å². The molecule has 3 aromatic rings. The van der Waals surface area contributed by atoms with Gasteiger partial charge in [0.15, 0.2) is 11.6 Å². The van der Waals surface area contributed by atoms with E-state index in [1.807, 2.05) is 11.4 Å². The van der Waals surface area contributed by atoms with Gasteiger partial charge in [0, 0.05) is 23.5 Å². The van der Waals surface area contributed by atoms with Crippen molar-refractivity contribution in [3.8, 4) is 11.5 Å². The van der Waals surface area contributed by atoms with Crippen LogP contribution in [0.4, 0.5) is 4.39 Å². The monoisotopic (exact) mass is 524 g/mol. The highest BCUT2D eigenvalue weighted by Crippen LogP contribution is 2.34. The summed E-state index contributed by atoms with van der Waals surface area (Å²) >= 11 is 1.65. The number of para-hydroxylation sites is 1. The molecule has 1 aliphatic heterocycles. The lowest BCUT2D eigenvalue weighted by Crippen LogP contribution is -2.48. The molecule has 0 spiro atoms. The number of halogens is 1. The average Bonchev–Trinajstić information content (AvgIpc) is 3.39. The van der Waals surface area contributed by atoms with E-state index in [0.29, 0.717) is 30.3 Å². The van der Waals surface area contributed by atoms with Crippen LogP contribution in [0.2, 0.25) is 0 Å². The number of fused-ring (bicyclic) bond motifs is 1. The number of amides is 2. The van der Waals surface area contributed by atoms with Crippen LogP contribution in [-0.4, -0.2) is 55.0 Å². The van der Waals surface area contributed by atoms with E-state index in [0.717, 1.165) is 18.4 Å².